The van der Waals surface area contributed by atoms with Crippen LogP contribution >= 0.6 is 31.9 Å². The minimum Gasteiger partial charge on any atom is -0.381 e. The summed E-state index contributed by atoms with van der Waals surface area (Å²) in [6, 6.07) is 0. The van der Waals surface area contributed by atoms with Crippen molar-refractivity contribution in [2.75, 3.05) is 0 Å². The van der Waals surface area contributed by atoms with Crippen molar-refractivity contribution in [2.45, 2.75) is 23.9 Å². The van der Waals surface area contributed by atoms with Gasteiger partial charge >= 0.3 is 0 Å². The molecule has 0 amide bonds. The first-order chi connectivity index (χ1) is 3.89. The Morgan fingerprint density at radius 1 is 1.11 bits per heavy atom. The van der Waals surface area contributed by atoms with Crippen LogP contribution in [0.25, 0.3) is 0 Å². The van der Waals surface area contributed by atoms with Crippen LogP contribution in [0.15, 0.2) is 0 Å². The number of aliphatic hydroxyl groups excluding tert-OH is 2. The molecule has 0 saturated carbocycles. The molecule has 0 aromatic carbocycles. The molecule has 2 nitrogen and oxygen atoms in total. The fourth-order valence-corrected chi connectivity index (χ4v) is 0.969. The van der Waals surface area contributed by atoms with Crippen molar-refractivity contribution >= 4 is 31.9 Å². The molecule has 9 heavy (non-hydrogen) atoms. The predicted molar refractivity (Wildman–Crippen MR) is 43.6 cm³/mol. The van der Waals surface area contributed by atoms with Gasteiger partial charge in [-0.3, -0.25) is 0 Å². The highest BCUT2D eigenvalue weighted by Crippen LogP contribution is 2.31. The number of hydrogen-bond donors (Lipinski definition) is 2. The molecule has 0 fully saturated rings. The van der Waals surface area contributed by atoms with E-state index in [2.05, 4.69) is 31.9 Å². The van der Waals surface area contributed by atoms with E-state index in [0.29, 0.717) is 0 Å². The Bertz CT molecular complexity index is 81.0. The lowest BCUT2D eigenvalue weighted by Crippen LogP contribution is -2.33. The molecule has 0 spiro atoms. The van der Waals surface area contributed by atoms with Crippen LogP contribution < -0.4 is 0 Å². The second-order valence-electron chi connectivity index (χ2n) is 2.49. The van der Waals surface area contributed by atoms with Crippen LogP contribution in [-0.4, -0.2) is 20.2 Å². The van der Waals surface area contributed by atoms with Crippen LogP contribution in [0.5, 0.6) is 0 Å². The Hall–Kier alpha value is 0.880. The van der Waals surface area contributed by atoms with Crippen LogP contribution in [-0.2, 0) is 0 Å². The fraction of sp³-hybridized carbons (Fsp3) is 1.00. The van der Waals surface area contributed by atoms with E-state index in [9.17, 15) is 0 Å². The fourth-order valence-electron chi connectivity index (χ4n) is 0.113. The number of hydrogen-bond acceptors (Lipinski definition) is 2. The largest absolute Gasteiger partial charge is 0.381 e. The third kappa shape index (κ3) is 2.53. The summed E-state index contributed by atoms with van der Waals surface area (Å²) in [6.07, 6.45) is 0. The number of rotatable bonds is 2. The lowest BCUT2D eigenvalue weighted by Gasteiger charge is -2.28. The van der Waals surface area contributed by atoms with E-state index in [-0.39, 0.29) is 0 Å². The van der Waals surface area contributed by atoms with Crippen molar-refractivity contribution in [1.29, 1.82) is 0 Å². The Morgan fingerprint density at radius 2 is 1.33 bits per heavy atom. The van der Waals surface area contributed by atoms with Crippen molar-refractivity contribution in [3.05, 3.63) is 0 Å². The van der Waals surface area contributed by atoms with Gasteiger partial charge in [-0.05, 0) is 0 Å². The maximum atomic E-state index is 8.98. The second-order valence-corrected chi connectivity index (χ2v) is 4.23. The van der Waals surface area contributed by atoms with E-state index >= 15 is 0 Å². The molecule has 2 unspecified atom stereocenters. The molecular weight excluding hydrogens is 252 g/mol. The standard InChI is InChI=1S/C5H10Br2O2/c1-5(2,3(6)8)4(7)9/h3-4,8-9H,1-2H3. The molecular formula is C5H10Br2O2. The maximum absolute atomic E-state index is 8.98. The quantitative estimate of drug-likeness (QED) is 0.739. The summed E-state index contributed by atoms with van der Waals surface area (Å²) in [4.78, 5) is 0. The number of aliphatic hydroxyl groups is 2. The highest BCUT2D eigenvalue weighted by atomic mass is 79.9. The average Bonchev–Trinajstić information content (AvgIpc) is 1.65. The summed E-state index contributed by atoms with van der Waals surface area (Å²) in [6.45, 7) is 3.48. The summed E-state index contributed by atoms with van der Waals surface area (Å²) in [5.41, 5.74) is -0.556. The Morgan fingerprint density at radius 3 is 1.33 bits per heavy atom. The first-order valence-electron chi connectivity index (χ1n) is 2.53. The topological polar surface area (TPSA) is 40.5 Å². The lowest BCUT2D eigenvalue weighted by molar-refractivity contribution is 0.0510. The Labute approximate surface area is 71.5 Å². The van der Waals surface area contributed by atoms with Gasteiger partial charge in [0.15, 0.2) is 0 Å². The smallest absolute Gasteiger partial charge is 0.117 e. The molecule has 0 heterocycles. The summed E-state index contributed by atoms with van der Waals surface area (Å²) in [7, 11) is 0. The van der Waals surface area contributed by atoms with Crippen molar-refractivity contribution in [2.24, 2.45) is 5.41 Å². The third-order valence-electron chi connectivity index (χ3n) is 1.23. The lowest BCUT2D eigenvalue weighted by atomic mass is 9.96. The molecule has 0 aliphatic rings. The van der Waals surface area contributed by atoms with Gasteiger partial charge in [0.25, 0.3) is 0 Å². The summed E-state index contributed by atoms with van der Waals surface area (Å²) < 4.78 is 0. The summed E-state index contributed by atoms with van der Waals surface area (Å²) in [5.74, 6) is 0. The van der Waals surface area contributed by atoms with Crippen LogP contribution in [0.2, 0.25) is 0 Å². The molecule has 0 aliphatic carbocycles. The molecule has 56 valence electrons. The van der Waals surface area contributed by atoms with Crippen LogP contribution in [0, 0.1) is 5.41 Å². The van der Waals surface area contributed by atoms with E-state index in [1.807, 2.05) is 0 Å². The highest BCUT2D eigenvalue weighted by Gasteiger charge is 2.31. The van der Waals surface area contributed by atoms with Gasteiger partial charge in [0.2, 0.25) is 0 Å². The van der Waals surface area contributed by atoms with Crippen molar-refractivity contribution in [3.63, 3.8) is 0 Å². The predicted octanol–water partition coefficient (Wildman–Crippen LogP) is 1.44. The summed E-state index contributed by atoms with van der Waals surface area (Å²) in [5, 5.41) is 16.6. The van der Waals surface area contributed by atoms with E-state index < -0.39 is 15.4 Å². The van der Waals surface area contributed by atoms with Gasteiger partial charge in [-0.2, -0.15) is 0 Å². The zero-order valence-electron chi connectivity index (χ0n) is 5.31. The maximum Gasteiger partial charge on any atom is 0.117 e. The van der Waals surface area contributed by atoms with E-state index in [0.717, 1.165) is 0 Å². The van der Waals surface area contributed by atoms with Gasteiger partial charge in [-0.1, -0.05) is 45.7 Å². The van der Waals surface area contributed by atoms with Crippen LogP contribution in [0.3, 0.4) is 0 Å². The minimum absolute atomic E-state index is 0.556. The highest BCUT2D eigenvalue weighted by molar-refractivity contribution is 9.10. The molecule has 0 bridgehead atoms. The van der Waals surface area contributed by atoms with Gasteiger partial charge in [0.05, 0.1) is 0 Å². The first kappa shape index (κ1) is 9.88. The van der Waals surface area contributed by atoms with Crippen LogP contribution in [0.4, 0.5) is 0 Å². The average molecular weight is 262 g/mol. The van der Waals surface area contributed by atoms with E-state index in [4.69, 9.17) is 10.2 Å². The normalized spacial score (nSPS) is 19.3. The molecule has 4 heteroatoms. The van der Waals surface area contributed by atoms with Gasteiger partial charge < -0.3 is 10.2 Å². The van der Waals surface area contributed by atoms with Crippen molar-refractivity contribution < 1.29 is 10.2 Å². The Kier molecular flexibility index (Phi) is 3.65. The molecule has 0 aromatic heterocycles. The molecule has 2 N–H and O–H groups in total. The van der Waals surface area contributed by atoms with Crippen molar-refractivity contribution in [3.8, 4) is 0 Å². The minimum atomic E-state index is -0.695. The molecule has 2 atom stereocenters. The van der Waals surface area contributed by atoms with Gasteiger partial charge in [-0.25, -0.2) is 0 Å². The Balaban J connectivity index is 4.01. The van der Waals surface area contributed by atoms with Gasteiger partial charge in [-0.15, -0.1) is 0 Å². The monoisotopic (exact) mass is 260 g/mol. The molecule has 0 saturated heterocycles. The zero-order valence-corrected chi connectivity index (χ0v) is 8.48. The first-order valence-corrected chi connectivity index (χ1v) is 4.36. The van der Waals surface area contributed by atoms with Crippen molar-refractivity contribution in [1.82, 2.24) is 0 Å². The zero-order chi connectivity index (χ0) is 7.65. The second kappa shape index (κ2) is 3.32. The van der Waals surface area contributed by atoms with Gasteiger partial charge in [0.1, 0.15) is 10.0 Å². The third-order valence-corrected chi connectivity index (χ3v) is 3.59. The number of alkyl halides is 2. The molecule has 0 rings (SSSR count). The molecule has 0 aliphatic heterocycles. The van der Waals surface area contributed by atoms with E-state index in [1.54, 1.807) is 13.8 Å². The molecule has 0 aromatic rings. The van der Waals surface area contributed by atoms with Gasteiger partial charge in [0, 0.05) is 5.41 Å². The SMILES string of the molecule is CC(C)(C(O)Br)C(O)Br. The van der Waals surface area contributed by atoms with E-state index in [1.165, 1.54) is 0 Å². The van der Waals surface area contributed by atoms with Crippen LogP contribution in [0.1, 0.15) is 13.8 Å². The number of halogens is 2. The summed E-state index contributed by atoms with van der Waals surface area (Å²) >= 11 is 5.92. The molecule has 0 radical (unpaired) electrons.